The van der Waals surface area contributed by atoms with E-state index in [1.807, 2.05) is 24.1 Å². The summed E-state index contributed by atoms with van der Waals surface area (Å²) >= 11 is 0. The summed E-state index contributed by atoms with van der Waals surface area (Å²) < 4.78 is 6.67. The number of aryl methyl sites for hydroxylation is 2. The number of aliphatic imine (C=N–C) groups is 1. The fourth-order valence-corrected chi connectivity index (χ4v) is 2.99. The predicted octanol–water partition coefficient (Wildman–Crippen LogP) is 1.20. The fourth-order valence-electron chi connectivity index (χ4n) is 2.99. The van der Waals surface area contributed by atoms with Crippen molar-refractivity contribution in [3.63, 3.8) is 0 Å². The van der Waals surface area contributed by atoms with Crippen LogP contribution in [0.5, 0.6) is 0 Å². The second-order valence-corrected chi connectivity index (χ2v) is 6.15. The minimum Gasteiger partial charge on any atom is -0.469 e. The normalized spacial score (nSPS) is 16.3. The van der Waals surface area contributed by atoms with Gasteiger partial charge in [0, 0.05) is 39.4 Å². The highest BCUT2D eigenvalue weighted by Gasteiger charge is 2.26. The molecule has 0 unspecified atom stereocenters. The van der Waals surface area contributed by atoms with Crippen molar-refractivity contribution < 1.29 is 9.53 Å². The van der Waals surface area contributed by atoms with Gasteiger partial charge in [-0.3, -0.25) is 14.5 Å². The third-order valence-electron chi connectivity index (χ3n) is 4.31. The fraction of sp³-hybridized carbons (Fsp3) is 0.706. The number of likely N-dealkylation sites (tertiary alicyclic amines) is 1. The molecule has 0 bridgehead atoms. The van der Waals surface area contributed by atoms with E-state index >= 15 is 0 Å². The molecule has 1 fully saturated rings. The van der Waals surface area contributed by atoms with Gasteiger partial charge in [0.05, 0.1) is 19.2 Å². The van der Waals surface area contributed by atoms with E-state index < -0.39 is 0 Å². The average Bonchev–Trinajstić information content (AvgIpc) is 3.02. The maximum atomic E-state index is 11.6. The van der Waals surface area contributed by atoms with E-state index in [9.17, 15) is 4.79 Å². The van der Waals surface area contributed by atoms with Crippen LogP contribution in [0.1, 0.15) is 31.7 Å². The number of nitrogens with one attached hydrogen (secondary N) is 1. The lowest BCUT2D eigenvalue weighted by molar-refractivity contribution is -0.146. The van der Waals surface area contributed by atoms with Crippen LogP contribution >= 0.6 is 0 Å². The number of methoxy groups -OCH3 is 1. The maximum absolute atomic E-state index is 11.6. The lowest BCUT2D eigenvalue weighted by Crippen LogP contribution is -2.46. The Morgan fingerprint density at radius 3 is 2.79 bits per heavy atom. The Labute approximate surface area is 144 Å². The number of nitrogens with zero attached hydrogens (tertiary/aromatic N) is 4. The highest BCUT2D eigenvalue weighted by molar-refractivity contribution is 5.80. The Hall–Kier alpha value is -2.05. The number of guanidine groups is 1. The lowest BCUT2D eigenvalue weighted by atomic mass is 9.97. The molecule has 1 saturated heterocycles. The Morgan fingerprint density at radius 1 is 1.46 bits per heavy atom. The summed E-state index contributed by atoms with van der Waals surface area (Å²) in [5.41, 5.74) is 1.25. The number of carbonyl (C=O) groups excluding carboxylic acids is 1. The van der Waals surface area contributed by atoms with Crippen LogP contribution < -0.4 is 5.32 Å². The van der Waals surface area contributed by atoms with Crippen molar-refractivity contribution in [2.75, 3.05) is 33.3 Å². The molecular weight excluding hydrogens is 306 g/mol. The summed E-state index contributed by atoms with van der Waals surface area (Å²) in [6.45, 7) is 5.39. The standard InChI is InChI=1S/C17H29N5O2/c1-4-18-17(19-9-5-6-14-12-20-21(2)13-14)22-10-7-15(8-11-22)16(23)24-3/h12-13,15H,4-11H2,1-3H3,(H,18,19). The van der Waals surface area contributed by atoms with Crippen molar-refractivity contribution in [3.05, 3.63) is 18.0 Å². The summed E-state index contributed by atoms with van der Waals surface area (Å²) in [4.78, 5) is 18.6. The van der Waals surface area contributed by atoms with Crippen molar-refractivity contribution in [2.24, 2.45) is 18.0 Å². The molecule has 7 heteroatoms. The van der Waals surface area contributed by atoms with Gasteiger partial charge in [-0.2, -0.15) is 5.10 Å². The first-order valence-electron chi connectivity index (χ1n) is 8.72. The third kappa shape index (κ3) is 5.25. The van der Waals surface area contributed by atoms with Gasteiger partial charge in [0.15, 0.2) is 5.96 Å². The number of hydrogen-bond donors (Lipinski definition) is 1. The van der Waals surface area contributed by atoms with Crippen LogP contribution in [0.2, 0.25) is 0 Å². The molecule has 1 aromatic rings. The first kappa shape index (κ1) is 18.3. The zero-order valence-electron chi connectivity index (χ0n) is 15.0. The van der Waals surface area contributed by atoms with Crippen molar-refractivity contribution >= 4 is 11.9 Å². The van der Waals surface area contributed by atoms with Crippen molar-refractivity contribution in [1.29, 1.82) is 0 Å². The van der Waals surface area contributed by atoms with E-state index in [0.717, 1.165) is 57.8 Å². The first-order valence-corrected chi connectivity index (χ1v) is 8.72. The van der Waals surface area contributed by atoms with Crippen LogP contribution in [0, 0.1) is 5.92 Å². The van der Waals surface area contributed by atoms with Gasteiger partial charge in [-0.15, -0.1) is 0 Å². The second kappa shape index (κ2) is 9.30. The number of ether oxygens (including phenoxy) is 1. The smallest absolute Gasteiger partial charge is 0.308 e. The number of esters is 1. The van der Waals surface area contributed by atoms with E-state index in [2.05, 4.69) is 22.2 Å². The molecule has 0 saturated carbocycles. The molecular formula is C17H29N5O2. The van der Waals surface area contributed by atoms with Crippen LogP contribution in [-0.2, 0) is 23.0 Å². The van der Waals surface area contributed by atoms with Gasteiger partial charge in [0.1, 0.15) is 0 Å². The van der Waals surface area contributed by atoms with Crippen LogP contribution in [0.4, 0.5) is 0 Å². The van der Waals surface area contributed by atoms with E-state index in [1.54, 1.807) is 0 Å². The zero-order valence-corrected chi connectivity index (χ0v) is 15.0. The summed E-state index contributed by atoms with van der Waals surface area (Å²) in [5.74, 6) is 0.889. The summed E-state index contributed by atoms with van der Waals surface area (Å²) in [5, 5.41) is 7.54. The molecule has 2 heterocycles. The molecule has 134 valence electrons. The van der Waals surface area contributed by atoms with Gasteiger partial charge < -0.3 is 15.0 Å². The minimum atomic E-state index is -0.0898. The van der Waals surface area contributed by atoms with Crippen LogP contribution in [-0.4, -0.2) is 59.9 Å². The van der Waals surface area contributed by atoms with Crippen LogP contribution in [0.25, 0.3) is 0 Å². The Balaban J connectivity index is 1.81. The van der Waals surface area contributed by atoms with Crippen LogP contribution in [0.3, 0.4) is 0 Å². The maximum Gasteiger partial charge on any atom is 0.308 e. The number of piperidine rings is 1. The van der Waals surface area contributed by atoms with Crippen molar-refractivity contribution in [1.82, 2.24) is 20.0 Å². The Kier molecular flexibility index (Phi) is 7.08. The molecule has 1 aliphatic rings. The largest absolute Gasteiger partial charge is 0.469 e. The predicted molar refractivity (Wildman–Crippen MR) is 93.8 cm³/mol. The molecule has 0 spiro atoms. The van der Waals surface area contributed by atoms with Gasteiger partial charge in [0.2, 0.25) is 0 Å². The van der Waals surface area contributed by atoms with Gasteiger partial charge in [-0.25, -0.2) is 0 Å². The van der Waals surface area contributed by atoms with E-state index in [0.29, 0.717) is 0 Å². The molecule has 0 aromatic carbocycles. The van der Waals surface area contributed by atoms with Crippen molar-refractivity contribution in [3.8, 4) is 0 Å². The first-order chi connectivity index (χ1) is 11.6. The third-order valence-corrected chi connectivity index (χ3v) is 4.31. The van der Waals surface area contributed by atoms with E-state index in [4.69, 9.17) is 9.73 Å². The summed E-state index contributed by atoms with van der Waals surface area (Å²) in [6, 6.07) is 0. The van der Waals surface area contributed by atoms with E-state index in [-0.39, 0.29) is 11.9 Å². The highest BCUT2D eigenvalue weighted by Crippen LogP contribution is 2.18. The summed E-state index contributed by atoms with van der Waals surface area (Å²) in [7, 11) is 3.39. The molecule has 0 aliphatic carbocycles. The van der Waals surface area contributed by atoms with Gasteiger partial charge >= 0.3 is 5.97 Å². The number of rotatable bonds is 6. The average molecular weight is 335 g/mol. The van der Waals surface area contributed by atoms with Crippen LogP contribution in [0.15, 0.2) is 17.4 Å². The molecule has 1 aliphatic heterocycles. The zero-order chi connectivity index (χ0) is 17.4. The van der Waals surface area contributed by atoms with Crippen molar-refractivity contribution in [2.45, 2.75) is 32.6 Å². The lowest BCUT2D eigenvalue weighted by Gasteiger charge is -2.33. The molecule has 7 nitrogen and oxygen atoms in total. The Bertz CT molecular complexity index is 547. The number of carbonyl (C=O) groups is 1. The topological polar surface area (TPSA) is 71.8 Å². The molecule has 1 N–H and O–H groups in total. The molecule has 0 amide bonds. The molecule has 24 heavy (non-hydrogen) atoms. The monoisotopic (exact) mass is 335 g/mol. The second-order valence-electron chi connectivity index (χ2n) is 6.15. The molecule has 1 aromatic heterocycles. The quantitative estimate of drug-likeness (QED) is 0.366. The minimum absolute atomic E-state index is 0.0275. The number of hydrogen-bond acceptors (Lipinski definition) is 4. The molecule has 0 atom stereocenters. The highest BCUT2D eigenvalue weighted by atomic mass is 16.5. The van der Waals surface area contributed by atoms with E-state index in [1.165, 1.54) is 12.7 Å². The van der Waals surface area contributed by atoms with Gasteiger partial charge in [-0.05, 0) is 38.2 Å². The molecule has 0 radical (unpaired) electrons. The SMILES string of the molecule is CCNC(=NCCCc1cnn(C)c1)N1CCC(C(=O)OC)CC1. The number of aromatic nitrogens is 2. The Morgan fingerprint density at radius 2 is 2.21 bits per heavy atom. The van der Waals surface area contributed by atoms with Gasteiger partial charge in [0.25, 0.3) is 0 Å². The summed E-state index contributed by atoms with van der Waals surface area (Å²) in [6.07, 6.45) is 7.60. The molecule has 2 rings (SSSR count). The van der Waals surface area contributed by atoms with Gasteiger partial charge in [-0.1, -0.05) is 0 Å².